The van der Waals surface area contributed by atoms with Crippen molar-refractivity contribution in [2.45, 2.75) is 44.1 Å². The van der Waals surface area contributed by atoms with Crippen molar-refractivity contribution in [3.63, 3.8) is 0 Å². The van der Waals surface area contributed by atoms with Gasteiger partial charge in [-0.3, -0.25) is 0 Å². The molecule has 0 radical (unpaired) electrons. The molecule has 0 bridgehead atoms. The summed E-state index contributed by atoms with van der Waals surface area (Å²) >= 11 is 6.33. The second kappa shape index (κ2) is 10.5. The van der Waals surface area contributed by atoms with Gasteiger partial charge in [-0.25, -0.2) is 22.5 Å². The Morgan fingerprint density at radius 2 is 1.67 bits per heavy atom. The predicted octanol–water partition coefficient (Wildman–Crippen LogP) is 6.66. The summed E-state index contributed by atoms with van der Waals surface area (Å²) in [4.78, 5) is 13.1. The molecule has 36 heavy (non-hydrogen) atoms. The number of aryl methyl sites for hydroxylation is 1. The Bertz CT molecular complexity index is 1490. The molecule has 0 unspecified atom stereocenters. The van der Waals surface area contributed by atoms with Crippen molar-refractivity contribution in [1.29, 1.82) is 0 Å². The van der Waals surface area contributed by atoms with Crippen LogP contribution in [-0.4, -0.2) is 31.2 Å². The predicted molar refractivity (Wildman–Crippen MR) is 144 cm³/mol. The minimum Gasteiger partial charge on any atom is -0.443 e. The van der Waals surface area contributed by atoms with Gasteiger partial charge in [0.2, 0.25) is 10.0 Å². The van der Waals surface area contributed by atoms with Crippen LogP contribution in [0.5, 0.6) is 0 Å². The van der Waals surface area contributed by atoms with Gasteiger partial charge >= 0.3 is 6.09 Å². The average Bonchev–Trinajstić information content (AvgIpc) is 3.21. The molecule has 1 N–H and O–H groups in total. The molecule has 0 fully saturated rings. The molecule has 0 aliphatic rings. The number of para-hydroxylation sites is 1. The lowest BCUT2D eigenvalue weighted by atomic mass is 10.1. The van der Waals surface area contributed by atoms with E-state index >= 15 is 0 Å². The van der Waals surface area contributed by atoms with Gasteiger partial charge in [-0.2, -0.15) is 0 Å². The molecule has 4 aromatic rings. The molecule has 0 saturated carbocycles. The zero-order chi connectivity index (χ0) is 25.9. The highest BCUT2D eigenvalue weighted by molar-refractivity contribution is 7.89. The van der Waals surface area contributed by atoms with Crippen LogP contribution in [0.2, 0.25) is 5.02 Å². The van der Waals surface area contributed by atoms with Crippen LogP contribution >= 0.6 is 11.6 Å². The van der Waals surface area contributed by atoms with Crippen molar-refractivity contribution >= 4 is 38.6 Å². The van der Waals surface area contributed by atoms with E-state index in [2.05, 4.69) is 4.72 Å². The highest BCUT2D eigenvalue weighted by atomic mass is 35.5. The fourth-order valence-electron chi connectivity index (χ4n) is 3.96. The normalized spacial score (nSPS) is 12.1. The Labute approximate surface area is 216 Å². The molecule has 0 aliphatic carbocycles. The van der Waals surface area contributed by atoms with Crippen LogP contribution in [-0.2, 0) is 21.2 Å². The Hall–Kier alpha value is -3.13. The third-order valence-electron chi connectivity index (χ3n) is 5.58. The standard InChI is InChI=1S/C28H29ClN2O4S/c1-28(2,3)35-27(32)31-24-14-8-7-13-21(24)18-25(31)22-15-16-23(29)26(19-22)36(33,34)30-17-9-12-20-10-5-4-6-11-20/h4-8,10-11,13-16,18-19,30H,9,12,17H2,1-3H3. The molecule has 188 valence electrons. The summed E-state index contributed by atoms with van der Waals surface area (Å²) in [7, 11) is -3.88. The maximum atomic E-state index is 13.2. The number of aromatic nitrogens is 1. The molecule has 0 amide bonds. The van der Waals surface area contributed by atoms with E-state index in [0.29, 0.717) is 23.2 Å². The molecule has 0 spiro atoms. The lowest BCUT2D eigenvalue weighted by molar-refractivity contribution is 0.0547. The van der Waals surface area contributed by atoms with Crippen molar-refractivity contribution in [3.05, 3.63) is 89.4 Å². The molecular weight excluding hydrogens is 496 g/mol. The van der Waals surface area contributed by atoms with Crippen LogP contribution in [0, 0.1) is 0 Å². The number of hydrogen-bond donors (Lipinski definition) is 1. The van der Waals surface area contributed by atoms with E-state index in [1.807, 2.05) is 60.7 Å². The lowest BCUT2D eigenvalue weighted by Gasteiger charge is -2.21. The molecule has 4 rings (SSSR count). The van der Waals surface area contributed by atoms with Crippen molar-refractivity contribution in [2.75, 3.05) is 6.54 Å². The smallest absolute Gasteiger partial charge is 0.419 e. The van der Waals surface area contributed by atoms with Gasteiger partial charge in [0.05, 0.1) is 16.2 Å². The number of halogens is 1. The molecule has 1 heterocycles. The topological polar surface area (TPSA) is 77.4 Å². The summed E-state index contributed by atoms with van der Waals surface area (Å²) in [5.74, 6) is 0. The third-order valence-corrected chi connectivity index (χ3v) is 7.52. The maximum Gasteiger partial charge on any atom is 0.419 e. The van der Waals surface area contributed by atoms with Crippen LogP contribution < -0.4 is 4.72 Å². The summed E-state index contributed by atoms with van der Waals surface area (Å²) in [6.07, 6.45) is 0.859. The number of sulfonamides is 1. The van der Waals surface area contributed by atoms with E-state index in [0.717, 1.165) is 17.4 Å². The van der Waals surface area contributed by atoms with Gasteiger partial charge in [-0.1, -0.05) is 66.2 Å². The van der Waals surface area contributed by atoms with Crippen LogP contribution in [0.25, 0.3) is 22.2 Å². The summed E-state index contributed by atoms with van der Waals surface area (Å²) in [6.45, 7) is 5.67. The van der Waals surface area contributed by atoms with Gasteiger partial charge < -0.3 is 4.74 Å². The van der Waals surface area contributed by atoms with E-state index in [1.54, 1.807) is 26.8 Å². The molecule has 8 heteroatoms. The van der Waals surface area contributed by atoms with E-state index in [9.17, 15) is 13.2 Å². The summed E-state index contributed by atoms with van der Waals surface area (Å²) in [5.41, 5.74) is 2.17. The van der Waals surface area contributed by atoms with Crippen molar-refractivity contribution in [1.82, 2.24) is 9.29 Å². The first-order valence-electron chi connectivity index (χ1n) is 11.7. The van der Waals surface area contributed by atoms with Crippen LogP contribution in [0.1, 0.15) is 32.8 Å². The summed E-state index contributed by atoms with van der Waals surface area (Å²) < 4.78 is 36.0. The first kappa shape index (κ1) is 25.9. The zero-order valence-corrected chi connectivity index (χ0v) is 22.1. The van der Waals surface area contributed by atoms with E-state index in [-0.39, 0.29) is 16.5 Å². The Balaban J connectivity index is 1.64. The quantitative estimate of drug-likeness (QED) is 0.274. The highest BCUT2D eigenvalue weighted by Crippen LogP contribution is 2.33. The number of ether oxygens (including phenoxy) is 1. The number of nitrogens with one attached hydrogen (secondary N) is 1. The third kappa shape index (κ3) is 5.98. The number of nitrogens with zero attached hydrogens (tertiary/aromatic N) is 1. The molecular formula is C28H29ClN2O4S. The van der Waals surface area contributed by atoms with Gasteiger partial charge in [0.1, 0.15) is 10.5 Å². The monoisotopic (exact) mass is 524 g/mol. The molecule has 3 aromatic carbocycles. The van der Waals surface area contributed by atoms with Gasteiger partial charge in [-0.15, -0.1) is 0 Å². The van der Waals surface area contributed by atoms with E-state index < -0.39 is 21.7 Å². The minimum atomic E-state index is -3.88. The second-order valence-electron chi connectivity index (χ2n) is 9.54. The van der Waals surface area contributed by atoms with Crippen molar-refractivity contribution in [3.8, 4) is 11.3 Å². The summed E-state index contributed by atoms with van der Waals surface area (Å²) in [5, 5.41) is 0.936. The van der Waals surface area contributed by atoms with Gasteiger partial charge in [0.25, 0.3) is 0 Å². The number of benzene rings is 3. The van der Waals surface area contributed by atoms with E-state index in [4.69, 9.17) is 16.3 Å². The Kier molecular flexibility index (Phi) is 7.54. The number of hydrogen-bond acceptors (Lipinski definition) is 4. The second-order valence-corrected chi connectivity index (χ2v) is 11.7. The fourth-order valence-corrected chi connectivity index (χ4v) is 5.56. The zero-order valence-electron chi connectivity index (χ0n) is 20.5. The first-order valence-corrected chi connectivity index (χ1v) is 13.6. The van der Waals surface area contributed by atoms with Crippen molar-refractivity contribution in [2.24, 2.45) is 0 Å². The SMILES string of the molecule is CC(C)(C)OC(=O)n1c(-c2ccc(Cl)c(S(=O)(=O)NCCCc3ccccc3)c2)cc2ccccc21. The number of carbonyl (C=O) groups is 1. The van der Waals surface area contributed by atoms with Gasteiger partial charge in [-0.05, 0) is 63.4 Å². The van der Waals surface area contributed by atoms with Crippen LogP contribution in [0.4, 0.5) is 4.79 Å². The summed E-state index contributed by atoms with van der Waals surface area (Å²) in [6, 6.07) is 23.9. The van der Waals surface area contributed by atoms with Gasteiger partial charge in [0, 0.05) is 17.5 Å². The largest absolute Gasteiger partial charge is 0.443 e. The van der Waals surface area contributed by atoms with Crippen molar-refractivity contribution < 1.29 is 17.9 Å². The molecule has 0 atom stereocenters. The average molecular weight is 525 g/mol. The van der Waals surface area contributed by atoms with Crippen LogP contribution in [0.15, 0.2) is 83.8 Å². The minimum absolute atomic E-state index is 0.0395. The van der Waals surface area contributed by atoms with Crippen LogP contribution in [0.3, 0.4) is 0 Å². The Morgan fingerprint density at radius 3 is 2.39 bits per heavy atom. The maximum absolute atomic E-state index is 13.2. The lowest BCUT2D eigenvalue weighted by Crippen LogP contribution is -2.27. The number of carbonyl (C=O) groups excluding carboxylic acids is 1. The Morgan fingerprint density at radius 1 is 0.972 bits per heavy atom. The molecule has 6 nitrogen and oxygen atoms in total. The first-order chi connectivity index (χ1) is 17.0. The number of fused-ring (bicyclic) bond motifs is 1. The fraction of sp³-hybridized carbons (Fsp3) is 0.250. The number of rotatable bonds is 7. The highest BCUT2D eigenvalue weighted by Gasteiger charge is 2.24. The molecule has 1 aromatic heterocycles. The van der Waals surface area contributed by atoms with E-state index in [1.165, 1.54) is 16.7 Å². The van der Waals surface area contributed by atoms with Gasteiger partial charge in [0.15, 0.2) is 0 Å². The molecule has 0 aliphatic heterocycles. The molecule has 0 saturated heterocycles.